The zero-order valence-electron chi connectivity index (χ0n) is 22.3. The normalized spacial score (nSPS) is 11.6. The van der Waals surface area contributed by atoms with E-state index < -0.39 is 30.4 Å². The predicted octanol–water partition coefficient (Wildman–Crippen LogP) is 3.60. The van der Waals surface area contributed by atoms with Gasteiger partial charge in [0.1, 0.15) is 18.0 Å². The van der Waals surface area contributed by atoms with Crippen LogP contribution in [0.15, 0.2) is 48.5 Å². The average molecular weight is 523 g/mol. The number of aromatic nitrogens is 2. The van der Waals surface area contributed by atoms with Crippen LogP contribution in [0.2, 0.25) is 0 Å². The molecule has 0 radical (unpaired) electrons. The molecule has 0 fully saturated rings. The summed E-state index contributed by atoms with van der Waals surface area (Å²) in [5.74, 6) is -0.754. The van der Waals surface area contributed by atoms with Crippen molar-refractivity contribution in [3.05, 3.63) is 59.8 Å². The largest absolute Gasteiger partial charge is 0.496 e. The highest BCUT2D eigenvalue weighted by Crippen LogP contribution is 2.39. The SMILES string of the molecule is COc1cccc(OC)c1-c1cc(C(=O)N[C@H](CC(=O)NCC(=O)O)CC(C)C)nn1-c1ccc(C)cc1. The fourth-order valence-electron chi connectivity index (χ4n) is 4.15. The summed E-state index contributed by atoms with van der Waals surface area (Å²) in [5.41, 5.74) is 3.19. The van der Waals surface area contributed by atoms with Gasteiger partial charge in [-0.1, -0.05) is 37.6 Å². The number of carbonyl (C=O) groups is 3. The number of ether oxygens (including phenoxy) is 2. The smallest absolute Gasteiger partial charge is 0.322 e. The maximum atomic E-state index is 13.4. The number of rotatable bonds is 12. The van der Waals surface area contributed by atoms with Gasteiger partial charge in [-0.25, -0.2) is 4.68 Å². The second kappa shape index (κ2) is 12.8. The van der Waals surface area contributed by atoms with Gasteiger partial charge in [-0.05, 0) is 49.6 Å². The Kier molecular flexibility index (Phi) is 9.48. The molecule has 10 nitrogen and oxygen atoms in total. The number of amides is 2. The topological polar surface area (TPSA) is 132 Å². The van der Waals surface area contributed by atoms with E-state index >= 15 is 0 Å². The lowest BCUT2D eigenvalue weighted by atomic mass is 10.0. The van der Waals surface area contributed by atoms with E-state index in [4.69, 9.17) is 14.6 Å². The van der Waals surface area contributed by atoms with E-state index in [2.05, 4.69) is 15.7 Å². The molecule has 0 unspecified atom stereocenters. The van der Waals surface area contributed by atoms with Gasteiger partial charge in [-0.15, -0.1) is 0 Å². The Balaban J connectivity index is 2.01. The number of carboxylic acids is 1. The van der Waals surface area contributed by atoms with Gasteiger partial charge in [0, 0.05) is 12.5 Å². The van der Waals surface area contributed by atoms with Gasteiger partial charge in [0.15, 0.2) is 5.69 Å². The number of hydrogen-bond acceptors (Lipinski definition) is 6. The van der Waals surface area contributed by atoms with Crippen LogP contribution < -0.4 is 20.1 Å². The number of aryl methyl sites for hydroxylation is 1. The van der Waals surface area contributed by atoms with Gasteiger partial charge < -0.3 is 25.2 Å². The molecule has 1 aromatic heterocycles. The van der Waals surface area contributed by atoms with E-state index in [9.17, 15) is 14.4 Å². The van der Waals surface area contributed by atoms with Crippen LogP contribution in [0.1, 0.15) is 42.7 Å². The molecule has 0 saturated heterocycles. The molecule has 2 amide bonds. The quantitative estimate of drug-likeness (QED) is 0.331. The summed E-state index contributed by atoms with van der Waals surface area (Å²) in [7, 11) is 3.12. The molecule has 3 rings (SSSR count). The average Bonchev–Trinajstić information content (AvgIpc) is 3.32. The molecule has 202 valence electrons. The van der Waals surface area contributed by atoms with E-state index in [1.54, 1.807) is 37.1 Å². The molecule has 10 heteroatoms. The molecule has 1 atom stereocenters. The van der Waals surface area contributed by atoms with Crippen molar-refractivity contribution in [1.82, 2.24) is 20.4 Å². The number of hydrogen-bond donors (Lipinski definition) is 3. The Hall–Kier alpha value is -4.34. The summed E-state index contributed by atoms with van der Waals surface area (Å²) in [4.78, 5) is 36.5. The summed E-state index contributed by atoms with van der Waals surface area (Å²) < 4.78 is 12.9. The monoisotopic (exact) mass is 522 g/mol. The lowest BCUT2D eigenvalue weighted by Gasteiger charge is -2.19. The summed E-state index contributed by atoms with van der Waals surface area (Å²) in [6.45, 7) is 5.46. The predicted molar refractivity (Wildman–Crippen MR) is 143 cm³/mol. The van der Waals surface area contributed by atoms with Crippen LogP contribution in [0.3, 0.4) is 0 Å². The number of carboxylic acid groups (broad SMARTS) is 1. The van der Waals surface area contributed by atoms with E-state index in [0.29, 0.717) is 29.2 Å². The molecule has 0 aliphatic carbocycles. The second-order valence-electron chi connectivity index (χ2n) is 9.37. The maximum Gasteiger partial charge on any atom is 0.322 e. The Morgan fingerprint density at radius 1 is 1.03 bits per heavy atom. The van der Waals surface area contributed by atoms with Crippen molar-refractivity contribution < 1.29 is 29.0 Å². The van der Waals surface area contributed by atoms with E-state index in [1.807, 2.05) is 51.1 Å². The van der Waals surface area contributed by atoms with Crippen molar-refractivity contribution in [3.8, 4) is 28.4 Å². The molecule has 0 saturated carbocycles. The van der Waals surface area contributed by atoms with E-state index in [0.717, 1.165) is 11.3 Å². The zero-order chi connectivity index (χ0) is 27.8. The molecule has 0 bridgehead atoms. The standard InChI is InChI=1S/C28H34N4O6/c1-17(2)13-19(14-25(33)29-16-26(34)35)30-28(36)21-15-22(27-23(37-4)7-6-8-24(27)38-5)32(31-21)20-11-9-18(3)10-12-20/h6-12,15,17,19H,13-14,16H2,1-5H3,(H,29,33)(H,30,36)(H,34,35)/t19-/m0/s1. The molecule has 1 heterocycles. The van der Waals surface area contributed by atoms with Crippen molar-refractivity contribution >= 4 is 17.8 Å². The van der Waals surface area contributed by atoms with Crippen LogP contribution in [-0.2, 0) is 9.59 Å². The molecule has 3 N–H and O–H groups in total. The first-order chi connectivity index (χ1) is 18.1. The molecule has 38 heavy (non-hydrogen) atoms. The molecular weight excluding hydrogens is 488 g/mol. The van der Waals surface area contributed by atoms with Gasteiger partial charge in [0.2, 0.25) is 5.91 Å². The molecule has 0 aliphatic rings. The first-order valence-electron chi connectivity index (χ1n) is 12.3. The number of carbonyl (C=O) groups excluding carboxylic acids is 2. The van der Waals surface area contributed by atoms with Crippen molar-refractivity contribution in [2.45, 2.75) is 39.7 Å². The summed E-state index contributed by atoms with van der Waals surface area (Å²) >= 11 is 0. The third-order valence-electron chi connectivity index (χ3n) is 5.86. The van der Waals surface area contributed by atoms with Crippen LogP contribution in [0, 0.1) is 12.8 Å². The first kappa shape index (κ1) is 28.2. The highest BCUT2D eigenvalue weighted by molar-refractivity contribution is 5.95. The van der Waals surface area contributed by atoms with Crippen molar-refractivity contribution in [2.75, 3.05) is 20.8 Å². The number of nitrogens with one attached hydrogen (secondary N) is 2. The van der Waals surface area contributed by atoms with Crippen LogP contribution in [0.25, 0.3) is 16.9 Å². The lowest BCUT2D eigenvalue weighted by Crippen LogP contribution is -2.41. The molecule has 0 spiro atoms. The number of nitrogens with zero attached hydrogens (tertiary/aromatic N) is 2. The first-order valence-corrected chi connectivity index (χ1v) is 12.3. The minimum atomic E-state index is -1.14. The zero-order valence-corrected chi connectivity index (χ0v) is 22.3. The summed E-state index contributed by atoms with van der Waals surface area (Å²) in [6, 6.07) is 14.3. The minimum Gasteiger partial charge on any atom is -0.496 e. The third kappa shape index (κ3) is 7.12. The summed E-state index contributed by atoms with van der Waals surface area (Å²) in [6.07, 6.45) is 0.473. The van der Waals surface area contributed by atoms with Gasteiger partial charge in [-0.3, -0.25) is 14.4 Å². The molecule has 0 aliphatic heterocycles. The van der Waals surface area contributed by atoms with Crippen LogP contribution in [-0.4, -0.2) is 59.5 Å². The molecule has 2 aromatic carbocycles. The fourth-order valence-corrected chi connectivity index (χ4v) is 4.15. The number of benzene rings is 2. The van der Waals surface area contributed by atoms with Gasteiger partial charge in [-0.2, -0.15) is 5.10 Å². The van der Waals surface area contributed by atoms with Crippen molar-refractivity contribution in [3.63, 3.8) is 0 Å². The number of aliphatic carboxylic acids is 1. The van der Waals surface area contributed by atoms with Crippen LogP contribution in [0.5, 0.6) is 11.5 Å². The van der Waals surface area contributed by atoms with Crippen LogP contribution >= 0.6 is 0 Å². The minimum absolute atomic E-state index is 0.0525. The molecule has 3 aromatic rings. The third-order valence-corrected chi connectivity index (χ3v) is 5.86. The maximum absolute atomic E-state index is 13.4. The fraction of sp³-hybridized carbons (Fsp3) is 0.357. The number of methoxy groups -OCH3 is 2. The van der Waals surface area contributed by atoms with E-state index in [1.165, 1.54) is 0 Å². The van der Waals surface area contributed by atoms with Crippen molar-refractivity contribution in [1.29, 1.82) is 0 Å². The van der Waals surface area contributed by atoms with Crippen LogP contribution in [0.4, 0.5) is 0 Å². The van der Waals surface area contributed by atoms with Gasteiger partial charge >= 0.3 is 5.97 Å². The van der Waals surface area contributed by atoms with Crippen molar-refractivity contribution in [2.24, 2.45) is 5.92 Å². The Morgan fingerprint density at radius 2 is 1.66 bits per heavy atom. The van der Waals surface area contributed by atoms with Gasteiger partial charge in [0.05, 0.1) is 31.2 Å². The molecular formula is C28H34N4O6. The highest BCUT2D eigenvalue weighted by Gasteiger charge is 2.25. The van der Waals surface area contributed by atoms with Gasteiger partial charge in [0.25, 0.3) is 5.91 Å². The second-order valence-corrected chi connectivity index (χ2v) is 9.37. The highest BCUT2D eigenvalue weighted by atomic mass is 16.5. The Morgan fingerprint density at radius 3 is 2.21 bits per heavy atom. The summed E-state index contributed by atoms with van der Waals surface area (Å²) in [5, 5.41) is 18.7. The Labute approximate surface area is 222 Å². The van der Waals surface area contributed by atoms with E-state index in [-0.39, 0.29) is 18.0 Å². The Bertz CT molecular complexity index is 1260. The lowest BCUT2D eigenvalue weighted by molar-refractivity contribution is -0.138.